The number of hydrogen-bond acceptors (Lipinski definition) is 2. The van der Waals surface area contributed by atoms with Crippen molar-refractivity contribution in [3.63, 3.8) is 0 Å². The van der Waals surface area contributed by atoms with Crippen LogP contribution in [0.4, 0.5) is 61.5 Å². The fraction of sp³-hybridized carbons (Fsp3) is 0.833. The first kappa shape index (κ1) is 30.3. The molecular formula is C12H7Cl2F14O2S+. The van der Waals surface area contributed by atoms with Gasteiger partial charge in [-0.2, -0.15) is 52.7 Å². The molecule has 0 aromatic carbocycles. The zero-order valence-electron chi connectivity index (χ0n) is 14.0. The van der Waals surface area contributed by atoms with Crippen molar-refractivity contribution in [1.82, 2.24) is 0 Å². The predicted molar refractivity (Wildman–Crippen MR) is 78.9 cm³/mol. The van der Waals surface area contributed by atoms with Crippen LogP contribution in [0.1, 0.15) is 12.8 Å². The van der Waals surface area contributed by atoms with Crippen LogP contribution in [0.3, 0.4) is 0 Å². The molecule has 31 heavy (non-hydrogen) atoms. The van der Waals surface area contributed by atoms with Crippen LogP contribution in [0.15, 0.2) is 0 Å². The molecule has 0 aromatic rings. The lowest BCUT2D eigenvalue weighted by molar-refractivity contribution is -0.355. The van der Waals surface area contributed by atoms with Gasteiger partial charge in [0.15, 0.2) is 0 Å². The van der Waals surface area contributed by atoms with Gasteiger partial charge < -0.3 is 0 Å². The Labute approximate surface area is 175 Å². The molecule has 2 nitrogen and oxygen atoms in total. The van der Waals surface area contributed by atoms with E-state index >= 15 is 0 Å². The summed E-state index contributed by atoms with van der Waals surface area (Å²) in [5.41, 5.74) is 0. The molecule has 0 heterocycles. The molecule has 0 bridgehead atoms. The maximum atomic E-state index is 14.1. The van der Waals surface area contributed by atoms with Crippen molar-refractivity contribution < 1.29 is 71.1 Å². The van der Waals surface area contributed by atoms with Gasteiger partial charge in [0.05, 0.1) is 23.7 Å². The van der Waals surface area contributed by atoms with Gasteiger partial charge >= 0.3 is 35.4 Å². The molecule has 184 valence electrons. The first-order valence-corrected chi connectivity index (χ1v) is 9.28. The topological polar surface area (TPSA) is 34.1 Å². The summed E-state index contributed by atoms with van der Waals surface area (Å²) < 4.78 is 184. The molecule has 2 unspecified atom stereocenters. The van der Waals surface area contributed by atoms with Crippen LogP contribution in [0.25, 0.3) is 0 Å². The van der Waals surface area contributed by atoms with E-state index in [0.29, 0.717) is 0 Å². The molecule has 0 saturated carbocycles. The van der Waals surface area contributed by atoms with Gasteiger partial charge in [0.2, 0.25) is 15.7 Å². The Morgan fingerprint density at radius 2 is 1.06 bits per heavy atom. The maximum Gasteiger partial charge on any atom is 0.483 e. The van der Waals surface area contributed by atoms with Crippen molar-refractivity contribution in [2.45, 2.75) is 53.5 Å². The molecule has 0 N–H and O–H groups in total. The number of carbonyl (C=O) groups excluding carboxylic acids is 2. The normalized spacial score (nSPS) is 16.8. The fourth-order valence-electron chi connectivity index (χ4n) is 1.91. The summed E-state index contributed by atoms with van der Waals surface area (Å²) in [6.45, 7) is 0. The zero-order valence-corrected chi connectivity index (χ0v) is 16.3. The lowest BCUT2D eigenvalue weighted by atomic mass is 10.1. The summed E-state index contributed by atoms with van der Waals surface area (Å²) in [5, 5.41) is -15.5. The van der Waals surface area contributed by atoms with Crippen molar-refractivity contribution in [3.8, 4) is 0 Å². The summed E-state index contributed by atoms with van der Waals surface area (Å²) in [6.07, 6.45) is -18.8. The van der Waals surface area contributed by atoms with Crippen LogP contribution in [-0.4, -0.2) is 56.9 Å². The summed E-state index contributed by atoms with van der Waals surface area (Å²) in [6, 6.07) is 0. The summed E-state index contributed by atoms with van der Waals surface area (Å²) in [4.78, 5) is 21.5. The second-order valence-corrected chi connectivity index (χ2v) is 8.76. The molecule has 0 aliphatic rings. The van der Waals surface area contributed by atoms with Gasteiger partial charge in [-0.25, -0.2) is 0 Å². The molecule has 0 aromatic heterocycles. The molecule has 2 atom stereocenters. The van der Waals surface area contributed by atoms with Crippen LogP contribution in [0, 0.1) is 0 Å². The SMILES string of the molecule is O=C(Cl)CC[S+](C(CC(=O)Cl)C(F)(F)C(F)(F)C(F)(F)F)C(F)(F)C(F)(F)C(F)(F)F. The second kappa shape index (κ2) is 9.27. The van der Waals surface area contributed by atoms with E-state index in [2.05, 4.69) is 23.2 Å². The molecule has 0 aliphatic heterocycles. The molecule has 0 spiro atoms. The van der Waals surface area contributed by atoms with Crippen LogP contribution < -0.4 is 0 Å². The fourth-order valence-corrected chi connectivity index (χ4v) is 4.97. The number of carbonyl (C=O) groups is 2. The highest BCUT2D eigenvalue weighted by Crippen LogP contribution is 2.56. The quantitative estimate of drug-likeness (QED) is 0.192. The molecule has 0 rings (SSSR count). The minimum atomic E-state index is -7.28. The standard InChI is InChI=1S/C12H7Cl2F14O2S/c13-5(29)1-2-31(12(27,28)9(19,20)11(24,25)26)4(3-6(14)30)7(15,16)8(17,18)10(21,22)23/h4H,1-3H2/q+1. The third-order valence-corrected chi connectivity index (χ3v) is 6.49. The number of alkyl halides is 14. The van der Waals surface area contributed by atoms with E-state index in [1.807, 2.05) is 0 Å². The van der Waals surface area contributed by atoms with Crippen LogP contribution in [0.2, 0.25) is 0 Å². The predicted octanol–water partition coefficient (Wildman–Crippen LogP) is 5.91. The highest BCUT2D eigenvalue weighted by Gasteiger charge is 2.86. The van der Waals surface area contributed by atoms with E-state index in [1.165, 1.54) is 0 Å². The van der Waals surface area contributed by atoms with Crippen LogP contribution in [-0.2, 0) is 20.5 Å². The molecule has 0 fully saturated rings. The minimum absolute atomic E-state index is 1.73. The lowest BCUT2D eigenvalue weighted by Gasteiger charge is -2.36. The average molecular weight is 552 g/mol. The van der Waals surface area contributed by atoms with Gasteiger partial charge in [0.1, 0.15) is 5.75 Å². The summed E-state index contributed by atoms with van der Waals surface area (Å²) in [7, 11) is -4.82. The Morgan fingerprint density at radius 1 is 0.677 bits per heavy atom. The maximum absolute atomic E-state index is 14.1. The molecule has 0 amide bonds. The number of hydrogen-bond donors (Lipinski definition) is 0. The number of rotatable bonds is 10. The van der Waals surface area contributed by atoms with Crippen molar-refractivity contribution in [2.75, 3.05) is 5.75 Å². The molecule has 0 radical (unpaired) electrons. The van der Waals surface area contributed by atoms with E-state index < -0.39 is 80.6 Å². The summed E-state index contributed by atoms with van der Waals surface area (Å²) in [5.74, 6) is -23.6. The van der Waals surface area contributed by atoms with E-state index in [0.717, 1.165) is 0 Å². The largest absolute Gasteiger partial charge is 0.483 e. The smallest absolute Gasteiger partial charge is 0.281 e. The van der Waals surface area contributed by atoms with Gasteiger partial charge in [-0.15, -0.1) is 8.78 Å². The van der Waals surface area contributed by atoms with Crippen molar-refractivity contribution in [3.05, 3.63) is 0 Å². The van der Waals surface area contributed by atoms with Gasteiger partial charge in [0.25, 0.3) is 0 Å². The lowest BCUT2D eigenvalue weighted by Crippen LogP contribution is -2.66. The highest BCUT2D eigenvalue weighted by atomic mass is 35.5. The van der Waals surface area contributed by atoms with Gasteiger partial charge in [-0.05, 0) is 23.2 Å². The average Bonchev–Trinajstić information content (AvgIpc) is 2.50. The third kappa shape index (κ3) is 6.00. The van der Waals surface area contributed by atoms with E-state index in [-0.39, 0.29) is 0 Å². The highest BCUT2D eigenvalue weighted by molar-refractivity contribution is 7.98. The minimum Gasteiger partial charge on any atom is -0.281 e. The molecule has 0 aliphatic carbocycles. The third-order valence-electron chi connectivity index (χ3n) is 3.44. The first-order chi connectivity index (χ1) is 13.4. The van der Waals surface area contributed by atoms with Gasteiger partial charge in [-0.1, -0.05) is 0 Å². The van der Waals surface area contributed by atoms with Crippen molar-refractivity contribution in [2.24, 2.45) is 0 Å². The Kier molecular flexibility index (Phi) is 9.06. The zero-order chi connectivity index (χ0) is 25.4. The Balaban J connectivity index is 6.95. The van der Waals surface area contributed by atoms with Gasteiger partial charge in [-0.3, -0.25) is 9.59 Å². The Bertz CT molecular complexity index is 675. The van der Waals surface area contributed by atoms with Crippen LogP contribution >= 0.6 is 23.2 Å². The van der Waals surface area contributed by atoms with Crippen molar-refractivity contribution >= 4 is 44.6 Å². The monoisotopic (exact) mass is 551 g/mol. The van der Waals surface area contributed by atoms with E-state index in [1.54, 1.807) is 0 Å². The second-order valence-electron chi connectivity index (χ2n) is 5.57. The van der Waals surface area contributed by atoms with Crippen molar-refractivity contribution in [1.29, 1.82) is 0 Å². The Hall–Kier alpha value is -0.710. The number of halogens is 16. The molecular weight excluding hydrogens is 545 g/mol. The molecule has 0 saturated heterocycles. The van der Waals surface area contributed by atoms with Crippen LogP contribution in [0.5, 0.6) is 0 Å². The Morgan fingerprint density at radius 3 is 1.35 bits per heavy atom. The van der Waals surface area contributed by atoms with E-state index in [4.69, 9.17) is 0 Å². The van der Waals surface area contributed by atoms with Gasteiger partial charge in [0, 0.05) is 0 Å². The first-order valence-electron chi connectivity index (χ1n) is 7.06. The molecule has 19 heteroatoms. The van der Waals surface area contributed by atoms with E-state index in [9.17, 15) is 71.1 Å². The summed E-state index contributed by atoms with van der Waals surface area (Å²) >= 11 is 9.23.